The Morgan fingerprint density at radius 2 is 1.85 bits per heavy atom. The molecule has 0 bridgehead atoms. The zero-order valence-corrected chi connectivity index (χ0v) is 12.5. The third-order valence-corrected chi connectivity index (χ3v) is 6.06. The van der Waals surface area contributed by atoms with Gasteiger partial charge in [-0.05, 0) is 36.9 Å². The maximum absolute atomic E-state index is 11.5. The van der Waals surface area contributed by atoms with Gasteiger partial charge in [-0.15, -0.1) is 0 Å². The van der Waals surface area contributed by atoms with Crippen molar-refractivity contribution in [2.45, 2.75) is 37.9 Å². The summed E-state index contributed by atoms with van der Waals surface area (Å²) < 4.78 is 23.0. The highest BCUT2D eigenvalue weighted by molar-refractivity contribution is 7.91. The molecule has 20 heavy (non-hydrogen) atoms. The molecule has 2 aliphatic rings. The molecule has 0 radical (unpaired) electrons. The summed E-state index contributed by atoms with van der Waals surface area (Å²) in [5, 5.41) is 7.14. The van der Waals surface area contributed by atoms with Gasteiger partial charge in [-0.2, -0.15) is 0 Å². The molecule has 1 aromatic carbocycles. The van der Waals surface area contributed by atoms with Gasteiger partial charge < -0.3 is 10.6 Å². The van der Waals surface area contributed by atoms with Gasteiger partial charge in [0.15, 0.2) is 0 Å². The summed E-state index contributed by atoms with van der Waals surface area (Å²) in [4.78, 5) is 0. The third-order valence-electron chi connectivity index (χ3n) is 4.35. The van der Waals surface area contributed by atoms with Crippen LogP contribution in [-0.4, -0.2) is 32.5 Å². The Labute approximate surface area is 120 Å². The van der Waals surface area contributed by atoms with Crippen LogP contribution in [0.2, 0.25) is 0 Å². The Hall–Kier alpha value is -0.910. The summed E-state index contributed by atoms with van der Waals surface area (Å²) >= 11 is 0. The SMILES string of the molecule is O=S1(=O)CCC(NC2CCNCc3ccccc32)CC1. The van der Waals surface area contributed by atoms with Gasteiger partial charge in [0.1, 0.15) is 9.84 Å². The number of benzene rings is 1. The Balaban J connectivity index is 1.71. The summed E-state index contributed by atoms with van der Waals surface area (Å²) in [6.07, 6.45) is 2.54. The van der Waals surface area contributed by atoms with E-state index >= 15 is 0 Å². The van der Waals surface area contributed by atoms with Crippen molar-refractivity contribution in [1.82, 2.24) is 10.6 Å². The molecule has 1 unspecified atom stereocenters. The maximum atomic E-state index is 11.5. The van der Waals surface area contributed by atoms with Crippen LogP contribution in [0.1, 0.15) is 36.4 Å². The summed E-state index contributed by atoms with van der Waals surface area (Å²) in [5.41, 5.74) is 2.72. The molecular formula is C15H22N2O2S. The van der Waals surface area contributed by atoms with Crippen LogP contribution in [0.4, 0.5) is 0 Å². The molecule has 2 aliphatic heterocycles. The van der Waals surface area contributed by atoms with Crippen molar-refractivity contribution in [3.63, 3.8) is 0 Å². The Morgan fingerprint density at radius 3 is 2.65 bits per heavy atom. The third kappa shape index (κ3) is 3.22. The second kappa shape index (κ2) is 5.84. The number of hydrogen-bond acceptors (Lipinski definition) is 4. The van der Waals surface area contributed by atoms with Crippen LogP contribution in [0.5, 0.6) is 0 Å². The number of nitrogens with one attached hydrogen (secondary N) is 2. The van der Waals surface area contributed by atoms with Crippen molar-refractivity contribution >= 4 is 9.84 Å². The van der Waals surface area contributed by atoms with Gasteiger partial charge in [-0.3, -0.25) is 0 Å². The van der Waals surface area contributed by atoms with Crippen molar-refractivity contribution in [2.24, 2.45) is 0 Å². The first kappa shape index (κ1) is 14.0. The molecule has 0 spiro atoms. The molecular weight excluding hydrogens is 272 g/mol. The van der Waals surface area contributed by atoms with E-state index in [2.05, 4.69) is 34.9 Å². The standard InChI is InChI=1S/C15H22N2O2S/c18-20(19)9-6-13(7-10-20)17-15-5-8-16-11-12-3-1-2-4-14(12)15/h1-4,13,15-17H,5-11H2. The monoisotopic (exact) mass is 294 g/mol. The van der Waals surface area contributed by atoms with Crippen LogP contribution < -0.4 is 10.6 Å². The molecule has 1 saturated heterocycles. The van der Waals surface area contributed by atoms with E-state index in [0.29, 0.717) is 23.6 Å². The van der Waals surface area contributed by atoms with Gasteiger partial charge in [-0.1, -0.05) is 24.3 Å². The normalized spacial score (nSPS) is 26.7. The van der Waals surface area contributed by atoms with E-state index in [0.717, 1.165) is 32.4 Å². The second-order valence-corrected chi connectivity index (χ2v) is 8.11. The zero-order valence-electron chi connectivity index (χ0n) is 11.6. The lowest BCUT2D eigenvalue weighted by Gasteiger charge is -2.28. The molecule has 5 heteroatoms. The molecule has 3 rings (SSSR count). The minimum atomic E-state index is -2.78. The van der Waals surface area contributed by atoms with Crippen LogP contribution in [0, 0.1) is 0 Å². The molecule has 2 heterocycles. The lowest BCUT2D eigenvalue weighted by atomic mass is 9.97. The van der Waals surface area contributed by atoms with Crippen molar-refractivity contribution in [2.75, 3.05) is 18.1 Å². The predicted molar refractivity (Wildman–Crippen MR) is 80.3 cm³/mol. The van der Waals surface area contributed by atoms with E-state index in [4.69, 9.17) is 0 Å². The summed E-state index contributed by atoms with van der Waals surface area (Å²) in [6.45, 7) is 1.92. The van der Waals surface area contributed by atoms with Gasteiger partial charge in [-0.25, -0.2) is 8.42 Å². The first-order valence-electron chi connectivity index (χ1n) is 7.39. The van der Waals surface area contributed by atoms with E-state index in [1.165, 1.54) is 11.1 Å². The van der Waals surface area contributed by atoms with E-state index in [1.807, 2.05) is 0 Å². The Morgan fingerprint density at radius 1 is 1.10 bits per heavy atom. The number of fused-ring (bicyclic) bond motifs is 1. The van der Waals surface area contributed by atoms with Crippen LogP contribution in [-0.2, 0) is 16.4 Å². The van der Waals surface area contributed by atoms with Crippen LogP contribution in [0.15, 0.2) is 24.3 Å². The number of sulfone groups is 1. The fourth-order valence-electron chi connectivity index (χ4n) is 3.17. The molecule has 110 valence electrons. The number of rotatable bonds is 2. The van der Waals surface area contributed by atoms with Gasteiger partial charge in [0, 0.05) is 18.6 Å². The molecule has 0 saturated carbocycles. The van der Waals surface area contributed by atoms with Gasteiger partial charge in [0.2, 0.25) is 0 Å². The molecule has 1 atom stereocenters. The molecule has 2 N–H and O–H groups in total. The summed E-state index contributed by atoms with van der Waals surface area (Å²) in [5.74, 6) is 0.661. The maximum Gasteiger partial charge on any atom is 0.150 e. The Bertz CT molecular complexity index is 557. The molecule has 1 aromatic rings. The quantitative estimate of drug-likeness (QED) is 0.865. The van der Waals surface area contributed by atoms with Crippen molar-refractivity contribution in [3.8, 4) is 0 Å². The molecule has 0 amide bonds. The van der Waals surface area contributed by atoms with E-state index in [9.17, 15) is 8.42 Å². The average Bonchev–Trinajstić information content (AvgIpc) is 2.64. The highest BCUT2D eigenvalue weighted by Gasteiger charge is 2.27. The zero-order chi connectivity index (χ0) is 14.0. The van der Waals surface area contributed by atoms with E-state index in [1.54, 1.807) is 0 Å². The predicted octanol–water partition coefficient (Wildman–Crippen LogP) is 1.39. The highest BCUT2D eigenvalue weighted by atomic mass is 32.2. The fourth-order valence-corrected chi connectivity index (χ4v) is 4.67. The van der Waals surface area contributed by atoms with Gasteiger partial charge in [0.25, 0.3) is 0 Å². The molecule has 0 aliphatic carbocycles. The lowest BCUT2D eigenvalue weighted by Crippen LogP contribution is -2.39. The average molecular weight is 294 g/mol. The second-order valence-electron chi connectivity index (χ2n) is 5.81. The van der Waals surface area contributed by atoms with Gasteiger partial charge in [0.05, 0.1) is 11.5 Å². The molecule has 4 nitrogen and oxygen atoms in total. The first-order chi connectivity index (χ1) is 9.64. The van der Waals surface area contributed by atoms with E-state index < -0.39 is 9.84 Å². The topological polar surface area (TPSA) is 58.2 Å². The Kier molecular flexibility index (Phi) is 4.10. The van der Waals surface area contributed by atoms with Gasteiger partial charge >= 0.3 is 0 Å². The van der Waals surface area contributed by atoms with Crippen molar-refractivity contribution < 1.29 is 8.42 Å². The summed E-state index contributed by atoms with van der Waals surface area (Å²) in [7, 11) is -2.78. The van der Waals surface area contributed by atoms with Crippen molar-refractivity contribution in [3.05, 3.63) is 35.4 Å². The fraction of sp³-hybridized carbons (Fsp3) is 0.600. The minimum Gasteiger partial charge on any atom is -0.313 e. The lowest BCUT2D eigenvalue weighted by molar-refractivity contribution is 0.391. The highest BCUT2D eigenvalue weighted by Crippen LogP contribution is 2.25. The molecule has 0 aromatic heterocycles. The van der Waals surface area contributed by atoms with Crippen LogP contribution in [0.25, 0.3) is 0 Å². The van der Waals surface area contributed by atoms with Crippen LogP contribution >= 0.6 is 0 Å². The van der Waals surface area contributed by atoms with Crippen molar-refractivity contribution in [1.29, 1.82) is 0 Å². The summed E-state index contributed by atoms with van der Waals surface area (Å²) in [6, 6.07) is 9.20. The van der Waals surface area contributed by atoms with Crippen LogP contribution in [0.3, 0.4) is 0 Å². The first-order valence-corrected chi connectivity index (χ1v) is 9.21. The molecule has 1 fully saturated rings. The minimum absolute atomic E-state index is 0.328. The number of hydrogen-bond donors (Lipinski definition) is 2. The largest absolute Gasteiger partial charge is 0.313 e. The van der Waals surface area contributed by atoms with E-state index in [-0.39, 0.29) is 0 Å². The smallest absolute Gasteiger partial charge is 0.150 e.